The van der Waals surface area contributed by atoms with Crippen LogP contribution in [0.15, 0.2) is 4.47 Å². The molecule has 0 bridgehead atoms. The molecule has 2 rings (SSSR count). The van der Waals surface area contributed by atoms with Crippen molar-refractivity contribution in [3.63, 3.8) is 0 Å². The fourth-order valence-electron chi connectivity index (χ4n) is 2.48. The first-order valence-corrected chi connectivity index (χ1v) is 6.44. The molecular formula is C11H17BrN4O. The second-order valence-corrected chi connectivity index (χ2v) is 5.64. The number of nitrogens with two attached hydrogens (primary N) is 2. The number of hydrogen-bond acceptors (Lipinski definition) is 3. The SMILES string of the molecule is Cc1nn(C2CCC(N)(C(N)=O)C2)c(C)c1Br. The van der Waals surface area contributed by atoms with E-state index in [1.807, 2.05) is 18.5 Å². The lowest BCUT2D eigenvalue weighted by Gasteiger charge is -2.20. The van der Waals surface area contributed by atoms with Crippen LogP contribution in [0.1, 0.15) is 36.7 Å². The van der Waals surface area contributed by atoms with E-state index < -0.39 is 11.4 Å². The number of amides is 1. The normalized spacial score (nSPS) is 28.6. The zero-order valence-corrected chi connectivity index (χ0v) is 11.6. The zero-order chi connectivity index (χ0) is 12.8. The van der Waals surface area contributed by atoms with Gasteiger partial charge in [-0.1, -0.05) is 0 Å². The lowest BCUT2D eigenvalue weighted by atomic mass is 9.98. The quantitative estimate of drug-likeness (QED) is 0.859. The molecular weight excluding hydrogens is 284 g/mol. The Bertz CT molecular complexity index is 470. The molecule has 1 aromatic rings. The van der Waals surface area contributed by atoms with Gasteiger partial charge >= 0.3 is 0 Å². The summed E-state index contributed by atoms with van der Waals surface area (Å²) in [6, 6.07) is 0.164. The molecule has 1 aliphatic rings. The van der Waals surface area contributed by atoms with Crippen molar-refractivity contribution >= 4 is 21.8 Å². The Kier molecular flexibility index (Phi) is 3.03. The first-order valence-electron chi connectivity index (χ1n) is 5.65. The number of nitrogens with zero attached hydrogens (tertiary/aromatic N) is 2. The molecule has 0 aliphatic heterocycles. The van der Waals surface area contributed by atoms with Crippen molar-refractivity contribution in [3.05, 3.63) is 15.9 Å². The van der Waals surface area contributed by atoms with E-state index >= 15 is 0 Å². The minimum atomic E-state index is -0.872. The molecule has 4 N–H and O–H groups in total. The monoisotopic (exact) mass is 300 g/mol. The number of halogens is 1. The molecule has 1 fully saturated rings. The number of primary amides is 1. The topological polar surface area (TPSA) is 86.9 Å². The van der Waals surface area contributed by atoms with Crippen LogP contribution in [-0.4, -0.2) is 21.2 Å². The van der Waals surface area contributed by atoms with E-state index in [-0.39, 0.29) is 6.04 Å². The predicted molar refractivity (Wildman–Crippen MR) is 68.4 cm³/mol. The van der Waals surface area contributed by atoms with Crippen LogP contribution in [-0.2, 0) is 4.79 Å². The molecule has 1 aliphatic carbocycles. The highest BCUT2D eigenvalue weighted by Crippen LogP contribution is 2.37. The highest BCUT2D eigenvalue weighted by atomic mass is 79.9. The van der Waals surface area contributed by atoms with Crippen LogP contribution in [0.4, 0.5) is 0 Å². The Morgan fingerprint density at radius 2 is 2.24 bits per heavy atom. The van der Waals surface area contributed by atoms with Gasteiger partial charge in [0.25, 0.3) is 0 Å². The van der Waals surface area contributed by atoms with Crippen LogP contribution in [0, 0.1) is 13.8 Å². The minimum absolute atomic E-state index is 0.164. The van der Waals surface area contributed by atoms with Gasteiger partial charge in [-0.2, -0.15) is 5.10 Å². The second-order valence-electron chi connectivity index (χ2n) is 4.85. The fourth-order valence-corrected chi connectivity index (χ4v) is 2.74. The third-order valence-corrected chi connectivity index (χ3v) is 4.74. The molecule has 94 valence electrons. The molecule has 2 atom stereocenters. The molecule has 6 heteroatoms. The maximum Gasteiger partial charge on any atom is 0.237 e. The maximum absolute atomic E-state index is 11.3. The van der Waals surface area contributed by atoms with Crippen LogP contribution in [0.2, 0.25) is 0 Å². The lowest BCUT2D eigenvalue weighted by molar-refractivity contribution is -0.123. The highest BCUT2D eigenvalue weighted by Gasteiger charge is 2.42. The van der Waals surface area contributed by atoms with Crippen molar-refractivity contribution in [2.45, 2.75) is 44.7 Å². The summed E-state index contributed by atoms with van der Waals surface area (Å²) in [4.78, 5) is 11.3. The lowest BCUT2D eigenvalue weighted by Crippen LogP contribution is -2.49. The van der Waals surface area contributed by atoms with Gasteiger partial charge in [-0.3, -0.25) is 9.48 Å². The Morgan fingerprint density at radius 1 is 1.59 bits per heavy atom. The van der Waals surface area contributed by atoms with Gasteiger partial charge in [-0.25, -0.2) is 0 Å². The van der Waals surface area contributed by atoms with E-state index in [0.717, 1.165) is 22.3 Å². The number of aromatic nitrogens is 2. The summed E-state index contributed by atoms with van der Waals surface area (Å²) in [5.74, 6) is -0.416. The molecule has 1 aromatic heterocycles. The number of hydrogen-bond donors (Lipinski definition) is 2. The molecule has 5 nitrogen and oxygen atoms in total. The first kappa shape index (κ1) is 12.6. The summed E-state index contributed by atoms with van der Waals surface area (Å²) in [5.41, 5.74) is 12.5. The highest BCUT2D eigenvalue weighted by molar-refractivity contribution is 9.10. The molecule has 0 saturated heterocycles. The van der Waals surface area contributed by atoms with Gasteiger partial charge in [0.2, 0.25) is 5.91 Å². The van der Waals surface area contributed by atoms with Crippen LogP contribution < -0.4 is 11.5 Å². The molecule has 0 radical (unpaired) electrons. The van der Waals surface area contributed by atoms with E-state index in [9.17, 15) is 4.79 Å². The fraction of sp³-hybridized carbons (Fsp3) is 0.636. The maximum atomic E-state index is 11.3. The predicted octanol–water partition coefficient (Wildman–Crippen LogP) is 1.17. The summed E-state index contributed by atoms with van der Waals surface area (Å²) >= 11 is 3.50. The summed E-state index contributed by atoms with van der Waals surface area (Å²) in [5, 5.41) is 4.48. The van der Waals surface area contributed by atoms with E-state index in [4.69, 9.17) is 11.5 Å². The molecule has 0 spiro atoms. The number of carbonyl (C=O) groups is 1. The van der Waals surface area contributed by atoms with Gasteiger partial charge in [-0.05, 0) is 49.0 Å². The van der Waals surface area contributed by atoms with E-state index in [1.165, 1.54) is 0 Å². The van der Waals surface area contributed by atoms with Crippen molar-refractivity contribution in [1.82, 2.24) is 9.78 Å². The van der Waals surface area contributed by atoms with Crippen LogP contribution in [0.5, 0.6) is 0 Å². The Morgan fingerprint density at radius 3 is 2.65 bits per heavy atom. The van der Waals surface area contributed by atoms with Gasteiger partial charge in [0, 0.05) is 0 Å². The Balaban J connectivity index is 2.27. The molecule has 1 saturated carbocycles. The summed E-state index contributed by atoms with van der Waals surface area (Å²) in [7, 11) is 0. The van der Waals surface area contributed by atoms with Gasteiger partial charge in [-0.15, -0.1) is 0 Å². The molecule has 1 amide bonds. The molecule has 0 aromatic carbocycles. The smallest absolute Gasteiger partial charge is 0.237 e. The van der Waals surface area contributed by atoms with Crippen LogP contribution >= 0.6 is 15.9 Å². The molecule has 1 heterocycles. The zero-order valence-electron chi connectivity index (χ0n) is 10.0. The van der Waals surface area contributed by atoms with Crippen molar-refractivity contribution in [1.29, 1.82) is 0 Å². The first-order chi connectivity index (χ1) is 7.85. The third-order valence-electron chi connectivity index (χ3n) is 3.60. The number of aryl methyl sites for hydroxylation is 1. The van der Waals surface area contributed by atoms with Gasteiger partial charge in [0.05, 0.1) is 27.4 Å². The standard InChI is InChI=1S/C11H17BrN4O/c1-6-9(12)7(2)16(15-6)8-3-4-11(14,5-8)10(13)17/h8H,3-5,14H2,1-2H3,(H2,13,17). The van der Waals surface area contributed by atoms with Crippen molar-refractivity contribution in [2.75, 3.05) is 0 Å². The molecule has 2 unspecified atom stereocenters. The average Bonchev–Trinajstić information content (AvgIpc) is 2.77. The Labute approximate surface area is 109 Å². The Hall–Kier alpha value is -0.880. The van der Waals surface area contributed by atoms with Gasteiger partial charge in [0.1, 0.15) is 0 Å². The summed E-state index contributed by atoms with van der Waals surface area (Å²) in [6.45, 7) is 3.96. The van der Waals surface area contributed by atoms with Crippen molar-refractivity contribution in [3.8, 4) is 0 Å². The van der Waals surface area contributed by atoms with Crippen LogP contribution in [0.25, 0.3) is 0 Å². The third kappa shape index (κ3) is 1.99. The van der Waals surface area contributed by atoms with E-state index in [0.29, 0.717) is 12.8 Å². The largest absolute Gasteiger partial charge is 0.368 e. The van der Waals surface area contributed by atoms with Crippen LogP contribution in [0.3, 0.4) is 0 Å². The van der Waals surface area contributed by atoms with Gasteiger partial charge < -0.3 is 11.5 Å². The van der Waals surface area contributed by atoms with E-state index in [1.54, 1.807) is 0 Å². The molecule has 17 heavy (non-hydrogen) atoms. The van der Waals surface area contributed by atoms with Crippen molar-refractivity contribution in [2.24, 2.45) is 11.5 Å². The summed E-state index contributed by atoms with van der Waals surface area (Å²) < 4.78 is 2.97. The second kappa shape index (κ2) is 4.10. The number of carbonyl (C=O) groups excluding carboxylic acids is 1. The average molecular weight is 301 g/mol. The van der Waals surface area contributed by atoms with Crippen molar-refractivity contribution < 1.29 is 4.79 Å². The van der Waals surface area contributed by atoms with Gasteiger partial charge in [0.15, 0.2) is 0 Å². The summed E-state index contributed by atoms with van der Waals surface area (Å²) in [6.07, 6.45) is 2.04. The van der Waals surface area contributed by atoms with E-state index in [2.05, 4.69) is 21.0 Å². The number of rotatable bonds is 2. The minimum Gasteiger partial charge on any atom is -0.368 e.